The second-order valence-electron chi connectivity index (χ2n) is 2.97. The summed E-state index contributed by atoms with van der Waals surface area (Å²) < 4.78 is 13.4. The van der Waals surface area contributed by atoms with Gasteiger partial charge in [0.25, 0.3) is 0 Å². The molecule has 0 spiro atoms. The van der Waals surface area contributed by atoms with Gasteiger partial charge in [0.15, 0.2) is 0 Å². The molecule has 0 bridgehead atoms. The third-order valence-corrected chi connectivity index (χ3v) is 3.08. The van der Waals surface area contributed by atoms with Crippen molar-refractivity contribution in [2.45, 2.75) is 6.54 Å². The fraction of sp³-hybridized carbons (Fsp3) is 0.100. The van der Waals surface area contributed by atoms with Gasteiger partial charge < -0.3 is 5.73 Å². The largest absolute Gasteiger partial charge is 0.325 e. The lowest BCUT2D eigenvalue weighted by atomic mass is 10.2. The maximum Gasteiger partial charge on any atom is 0.133 e. The molecular weight excluding hydrogens is 235 g/mol. The van der Waals surface area contributed by atoms with Crippen LogP contribution in [0.2, 0.25) is 5.02 Å². The molecule has 0 aliphatic heterocycles. The Morgan fingerprint density at radius 3 is 2.93 bits per heavy atom. The minimum atomic E-state index is -0.322. The summed E-state index contributed by atoms with van der Waals surface area (Å²) in [5.41, 5.74) is 6.62. The topological polar surface area (TPSA) is 38.9 Å². The minimum absolute atomic E-state index is 0.322. The first kappa shape index (κ1) is 10.5. The number of hydrogen-bond donors (Lipinski definition) is 1. The van der Waals surface area contributed by atoms with Crippen LogP contribution in [0.15, 0.2) is 23.6 Å². The van der Waals surface area contributed by atoms with Crippen molar-refractivity contribution in [3.8, 4) is 10.6 Å². The molecule has 0 saturated heterocycles. The highest BCUT2D eigenvalue weighted by Crippen LogP contribution is 2.28. The molecule has 1 aromatic heterocycles. The molecule has 78 valence electrons. The van der Waals surface area contributed by atoms with Crippen LogP contribution in [0.4, 0.5) is 4.39 Å². The highest BCUT2D eigenvalue weighted by molar-refractivity contribution is 7.13. The summed E-state index contributed by atoms with van der Waals surface area (Å²) in [7, 11) is 0. The number of thiazole rings is 1. The fourth-order valence-electron chi connectivity index (χ4n) is 1.19. The van der Waals surface area contributed by atoms with Crippen LogP contribution in [-0.4, -0.2) is 4.98 Å². The Hall–Kier alpha value is -0.970. The first-order valence-corrected chi connectivity index (χ1v) is 5.56. The minimum Gasteiger partial charge on any atom is -0.325 e. The van der Waals surface area contributed by atoms with E-state index < -0.39 is 0 Å². The van der Waals surface area contributed by atoms with Crippen LogP contribution in [0.5, 0.6) is 0 Å². The Bertz CT molecular complexity index is 484. The lowest BCUT2D eigenvalue weighted by molar-refractivity contribution is 0.631. The summed E-state index contributed by atoms with van der Waals surface area (Å²) in [6.45, 7) is 0.360. The second kappa shape index (κ2) is 4.26. The molecular formula is C10H8ClFN2S. The van der Waals surface area contributed by atoms with Crippen LogP contribution >= 0.6 is 22.9 Å². The van der Waals surface area contributed by atoms with E-state index in [-0.39, 0.29) is 5.82 Å². The van der Waals surface area contributed by atoms with E-state index in [1.54, 1.807) is 6.07 Å². The second-order valence-corrected chi connectivity index (χ2v) is 4.27. The van der Waals surface area contributed by atoms with Crippen molar-refractivity contribution in [2.75, 3.05) is 0 Å². The number of aromatic nitrogens is 1. The lowest BCUT2D eigenvalue weighted by Crippen LogP contribution is -1.95. The van der Waals surface area contributed by atoms with Crippen molar-refractivity contribution in [1.29, 1.82) is 0 Å². The van der Waals surface area contributed by atoms with Crippen LogP contribution in [0, 0.1) is 5.82 Å². The molecule has 15 heavy (non-hydrogen) atoms. The van der Waals surface area contributed by atoms with E-state index in [2.05, 4.69) is 4.98 Å². The Morgan fingerprint density at radius 1 is 1.47 bits per heavy atom. The molecule has 0 aliphatic carbocycles. The number of benzene rings is 1. The standard InChI is InChI=1S/C10H8ClFN2S/c11-6-1-2-9(12)8(3-6)10-14-7(4-13)5-15-10/h1-3,5H,4,13H2. The summed E-state index contributed by atoms with van der Waals surface area (Å²) in [4.78, 5) is 4.20. The third-order valence-electron chi connectivity index (χ3n) is 1.92. The van der Waals surface area contributed by atoms with Crippen LogP contribution in [-0.2, 0) is 6.54 Å². The predicted octanol–water partition coefficient (Wildman–Crippen LogP) is 3.06. The molecule has 2 nitrogen and oxygen atoms in total. The molecule has 1 aromatic carbocycles. The van der Waals surface area contributed by atoms with Gasteiger partial charge in [0, 0.05) is 22.5 Å². The van der Waals surface area contributed by atoms with E-state index in [9.17, 15) is 4.39 Å². The Labute approximate surface area is 95.5 Å². The smallest absolute Gasteiger partial charge is 0.133 e. The predicted molar refractivity (Wildman–Crippen MR) is 60.4 cm³/mol. The number of hydrogen-bond acceptors (Lipinski definition) is 3. The molecule has 0 aliphatic rings. The van der Waals surface area contributed by atoms with Gasteiger partial charge in [0.1, 0.15) is 10.8 Å². The molecule has 1 heterocycles. The van der Waals surface area contributed by atoms with Crippen molar-refractivity contribution >= 4 is 22.9 Å². The molecule has 5 heteroatoms. The summed E-state index contributed by atoms with van der Waals surface area (Å²) >= 11 is 7.15. The van der Waals surface area contributed by atoms with Gasteiger partial charge >= 0.3 is 0 Å². The maximum absolute atomic E-state index is 13.4. The van der Waals surface area contributed by atoms with E-state index in [0.717, 1.165) is 5.69 Å². The van der Waals surface area contributed by atoms with Crippen molar-refractivity contribution in [2.24, 2.45) is 5.73 Å². The van der Waals surface area contributed by atoms with E-state index in [0.29, 0.717) is 22.1 Å². The van der Waals surface area contributed by atoms with Gasteiger partial charge in [-0.1, -0.05) is 11.6 Å². The number of rotatable bonds is 2. The molecule has 2 N–H and O–H groups in total. The van der Waals surface area contributed by atoms with Gasteiger partial charge in [-0.15, -0.1) is 11.3 Å². The van der Waals surface area contributed by atoms with Crippen molar-refractivity contribution in [3.05, 3.63) is 40.1 Å². The van der Waals surface area contributed by atoms with Crippen LogP contribution in [0.25, 0.3) is 10.6 Å². The molecule has 0 radical (unpaired) electrons. The highest BCUT2D eigenvalue weighted by atomic mass is 35.5. The summed E-state index contributed by atoms with van der Waals surface area (Å²) in [5, 5.41) is 2.92. The third kappa shape index (κ3) is 2.17. The van der Waals surface area contributed by atoms with Crippen LogP contribution < -0.4 is 5.73 Å². The SMILES string of the molecule is NCc1csc(-c2cc(Cl)ccc2F)n1. The molecule has 0 saturated carbocycles. The van der Waals surface area contributed by atoms with Crippen molar-refractivity contribution in [1.82, 2.24) is 4.98 Å². The Morgan fingerprint density at radius 2 is 2.27 bits per heavy atom. The van der Waals surface area contributed by atoms with Crippen LogP contribution in [0.1, 0.15) is 5.69 Å². The number of nitrogens with zero attached hydrogens (tertiary/aromatic N) is 1. The maximum atomic E-state index is 13.4. The van der Waals surface area contributed by atoms with E-state index in [1.165, 1.54) is 23.5 Å². The van der Waals surface area contributed by atoms with Crippen molar-refractivity contribution in [3.63, 3.8) is 0 Å². The summed E-state index contributed by atoms with van der Waals surface area (Å²) in [6.07, 6.45) is 0. The normalized spacial score (nSPS) is 10.6. The lowest BCUT2D eigenvalue weighted by Gasteiger charge is -1.99. The molecule has 0 atom stereocenters. The Kier molecular flexibility index (Phi) is 3.00. The van der Waals surface area contributed by atoms with Crippen molar-refractivity contribution < 1.29 is 4.39 Å². The molecule has 0 fully saturated rings. The van der Waals surface area contributed by atoms with Crippen LogP contribution in [0.3, 0.4) is 0 Å². The fourth-order valence-corrected chi connectivity index (χ4v) is 2.21. The zero-order chi connectivity index (χ0) is 10.8. The summed E-state index contributed by atoms with van der Waals surface area (Å²) in [6, 6.07) is 4.41. The number of halogens is 2. The van der Waals surface area contributed by atoms with Gasteiger partial charge in [-0.05, 0) is 18.2 Å². The zero-order valence-corrected chi connectivity index (χ0v) is 9.28. The molecule has 2 aromatic rings. The number of nitrogens with two attached hydrogens (primary N) is 1. The van der Waals surface area contributed by atoms with Gasteiger partial charge in [-0.3, -0.25) is 0 Å². The van der Waals surface area contributed by atoms with Gasteiger partial charge in [0.05, 0.1) is 5.69 Å². The molecule has 2 rings (SSSR count). The van der Waals surface area contributed by atoms with E-state index in [4.69, 9.17) is 17.3 Å². The van der Waals surface area contributed by atoms with E-state index >= 15 is 0 Å². The van der Waals surface area contributed by atoms with Gasteiger partial charge in [0.2, 0.25) is 0 Å². The highest BCUT2D eigenvalue weighted by Gasteiger charge is 2.09. The zero-order valence-electron chi connectivity index (χ0n) is 7.71. The summed E-state index contributed by atoms with van der Waals surface area (Å²) in [5.74, 6) is -0.322. The van der Waals surface area contributed by atoms with Gasteiger partial charge in [-0.25, -0.2) is 9.37 Å². The molecule has 0 unspecified atom stereocenters. The quantitative estimate of drug-likeness (QED) is 0.879. The first-order valence-electron chi connectivity index (χ1n) is 4.30. The first-order chi connectivity index (χ1) is 7.20. The molecule has 0 amide bonds. The monoisotopic (exact) mass is 242 g/mol. The average Bonchev–Trinajstić information content (AvgIpc) is 2.70. The Balaban J connectivity index is 2.48. The average molecular weight is 243 g/mol. The van der Waals surface area contributed by atoms with E-state index in [1.807, 2.05) is 5.38 Å². The van der Waals surface area contributed by atoms with Gasteiger partial charge in [-0.2, -0.15) is 0 Å².